The van der Waals surface area contributed by atoms with E-state index in [0.717, 1.165) is 10.6 Å². The second-order valence-electron chi connectivity index (χ2n) is 5.32. The summed E-state index contributed by atoms with van der Waals surface area (Å²) in [4.78, 5) is 29.0. The highest BCUT2D eigenvalue weighted by Crippen LogP contribution is 2.27. The van der Waals surface area contributed by atoms with E-state index in [-0.39, 0.29) is 18.2 Å². The predicted molar refractivity (Wildman–Crippen MR) is 94.7 cm³/mol. The number of carbonyl (C=O) groups excluding carboxylic acids is 2. The molecule has 2 heterocycles. The number of rotatable bonds is 5. The van der Waals surface area contributed by atoms with Crippen LogP contribution in [0.4, 0.5) is 0 Å². The number of nitrogens with one attached hydrogen (secondary N) is 2. The standard InChI is InChI=1S/C17H17N5O2S/c1-12-15(25-17(19-12)13-6-3-2-4-7-13)16(24)21-20-14(23)8-11-22-10-5-9-18-22/h2-7,9-10H,8,11H2,1H3,(H,20,23)(H,21,24). The van der Waals surface area contributed by atoms with Crippen molar-refractivity contribution in [1.82, 2.24) is 25.6 Å². The van der Waals surface area contributed by atoms with Crippen molar-refractivity contribution < 1.29 is 9.59 Å². The number of aromatic nitrogens is 3. The number of hydrazine groups is 1. The van der Waals surface area contributed by atoms with Gasteiger partial charge >= 0.3 is 0 Å². The van der Waals surface area contributed by atoms with Crippen molar-refractivity contribution in [3.05, 3.63) is 59.4 Å². The molecule has 0 saturated heterocycles. The number of amides is 2. The van der Waals surface area contributed by atoms with Crippen LogP contribution in [0.2, 0.25) is 0 Å². The molecule has 8 heteroatoms. The van der Waals surface area contributed by atoms with Gasteiger partial charge in [0.1, 0.15) is 9.88 Å². The number of thiazole rings is 1. The second kappa shape index (κ2) is 7.71. The first-order valence-electron chi connectivity index (χ1n) is 7.73. The second-order valence-corrected chi connectivity index (χ2v) is 6.32. The summed E-state index contributed by atoms with van der Waals surface area (Å²) < 4.78 is 1.65. The molecule has 1 aromatic carbocycles. The lowest BCUT2D eigenvalue weighted by molar-refractivity contribution is -0.122. The van der Waals surface area contributed by atoms with E-state index in [1.54, 1.807) is 30.1 Å². The predicted octanol–water partition coefficient (Wildman–Crippen LogP) is 2.17. The Morgan fingerprint density at radius 3 is 2.68 bits per heavy atom. The number of nitrogens with zero attached hydrogens (tertiary/aromatic N) is 3. The van der Waals surface area contributed by atoms with E-state index in [2.05, 4.69) is 20.9 Å². The van der Waals surface area contributed by atoms with Crippen LogP contribution in [0.5, 0.6) is 0 Å². The van der Waals surface area contributed by atoms with Crippen LogP contribution in [0.1, 0.15) is 21.8 Å². The highest BCUT2D eigenvalue weighted by Gasteiger charge is 2.16. The fourth-order valence-corrected chi connectivity index (χ4v) is 3.17. The molecule has 7 nitrogen and oxygen atoms in total. The Balaban J connectivity index is 1.56. The number of hydrogen-bond acceptors (Lipinski definition) is 5. The van der Waals surface area contributed by atoms with Crippen LogP contribution in [-0.4, -0.2) is 26.6 Å². The smallest absolute Gasteiger partial charge is 0.273 e. The van der Waals surface area contributed by atoms with Crippen LogP contribution in [0.25, 0.3) is 10.6 Å². The molecule has 0 saturated carbocycles. The molecule has 3 aromatic rings. The van der Waals surface area contributed by atoms with Crippen molar-refractivity contribution in [1.29, 1.82) is 0 Å². The average Bonchev–Trinajstić information content (AvgIpc) is 3.28. The lowest BCUT2D eigenvalue weighted by atomic mass is 10.2. The molecule has 0 aliphatic rings. The molecule has 2 aromatic heterocycles. The van der Waals surface area contributed by atoms with Gasteiger partial charge < -0.3 is 0 Å². The lowest BCUT2D eigenvalue weighted by Crippen LogP contribution is -2.41. The first-order valence-corrected chi connectivity index (χ1v) is 8.54. The van der Waals surface area contributed by atoms with Crippen LogP contribution >= 0.6 is 11.3 Å². The van der Waals surface area contributed by atoms with E-state index in [4.69, 9.17) is 0 Å². The fraction of sp³-hybridized carbons (Fsp3) is 0.176. The summed E-state index contributed by atoms with van der Waals surface area (Å²) in [5, 5.41) is 4.79. The molecule has 0 aliphatic carbocycles. The van der Waals surface area contributed by atoms with Gasteiger partial charge in [0.2, 0.25) is 5.91 Å². The van der Waals surface area contributed by atoms with Crippen molar-refractivity contribution in [2.45, 2.75) is 19.9 Å². The van der Waals surface area contributed by atoms with Gasteiger partial charge in [-0.25, -0.2) is 4.98 Å². The molecule has 2 amide bonds. The summed E-state index contributed by atoms with van der Waals surface area (Å²) in [5.41, 5.74) is 6.44. The van der Waals surface area contributed by atoms with E-state index in [9.17, 15) is 9.59 Å². The van der Waals surface area contributed by atoms with Gasteiger partial charge in [0.25, 0.3) is 5.91 Å². The summed E-state index contributed by atoms with van der Waals surface area (Å²) in [7, 11) is 0. The van der Waals surface area contributed by atoms with Crippen molar-refractivity contribution >= 4 is 23.2 Å². The minimum Gasteiger partial charge on any atom is -0.273 e. The molecule has 128 valence electrons. The maximum absolute atomic E-state index is 12.3. The van der Waals surface area contributed by atoms with Crippen molar-refractivity contribution in [3.63, 3.8) is 0 Å². The molecule has 0 aliphatic heterocycles. The van der Waals surface area contributed by atoms with Gasteiger partial charge in [-0.1, -0.05) is 30.3 Å². The Kier molecular flexibility index (Phi) is 5.20. The summed E-state index contributed by atoms with van der Waals surface area (Å²) >= 11 is 1.30. The molecule has 0 radical (unpaired) electrons. The lowest BCUT2D eigenvalue weighted by Gasteiger charge is -2.06. The van der Waals surface area contributed by atoms with Crippen molar-refractivity contribution in [2.75, 3.05) is 0 Å². The number of aryl methyl sites for hydroxylation is 2. The first kappa shape index (κ1) is 16.8. The van der Waals surface area contributed by atoms with Crippen LogP contribution < -0.4 is 10.9 Å². The van der Waals surface area contributed by atoms with Crippen LogP contribution in [-0.2, 0) is 11.3 Å². The van der Waals surface area contributed by atoms with E-state index in [1.165, 1.54) is 11.3 Å². The van der Waals surface area contributed by atoms with Gasteiger partial charge in [0.05, 0.1) is 5.69 Å². The highest BCUT2D eigenvalue weighted by atomic mass is 32.1. The molecule has 0 spiro atoms. The Morgan fingerprint density at radius 1 is 1.16 bits per heavy atom. The zero-order chi connectivity index (χ0) is 17.6. The van der Waals surface area contributed by atoms with E-state index in [1.807, 2.05) is 30.3 Å². The van der Waals surface area contributed by atoms with Crippen LogP contribution in [0.3, 0.4) is 0 Å². The molecule has 0 unspecified atom stereocenters. The summed E-state index contributed by atoms with van der Waals surface area (Å²) in [6, 6.07) is 11.4. The maximum Gasteiger partial charge on any atom is 0.281 e. The molecular formula is C17H17N5O2S. The first-order chi connectivity index (χ1) is 12.1. The summed E-state index contributed by atoms with van der Waals surface area (Å²) in [5.74, 6) is -0.654. The molecule has 3 rings (SSSR count). The minimum atomic E-state index is -0.371. The van der Waals surface area contributed by atoms with Gasteiger partial charge in [0, 0.05) is 30.9 Å². The Hall–Kier alpha value is -3.00. The number of benzene rings is 1. The van der Waals surface area contributed by atoms with E-state index >= 15 is 0 Å². The third-order valence-corrected chi connectivity index (χ3v) is 4.67. The summed E-state index contributed by atoms with van der Waals surface area (Å²) in [6.07, 6.45) is 3.65. The Morgan fingerprint density at radius 2 is 1.96 bits per heavy atom. The topological polar surface area (TPSA) is 88.9 Å². The third-order valence-electron chi connectivity index (χ3n) is 3.47. The van der Waals surface area contributed by atoms with Crippen molar-refractivity contribution in [3.8, 4) is 10.6 Å². The number of carbonyl (C=O) groups is 2. The summed E-state index contributed by atoms with van der Waals surface area (Å²) in [6.45, 7) is 2.23. The zero-order valence-corrected chi connectivity index (χ0v) is 14.4. The van der Waals surface area contributed by atoms with Gasteiger partial charge in [-0.15, -0.1) is 11.3 Å². The molecule has 2 N–H and O–H groups in total. The molecule has 25 heavy (non-hydrogen) atoms. The minimum absolute atomic E-state index is 0.221. The fourth-order valence-electron chi connectivity index (χ4n) is 2.21. The molecule has 0 atom stereocenters. The van der Waals surface area contributed by atoms with Crippen LogP contribution in [0.15, 0.2) is 48.8 Å². The zero-order valence-electron chi connectivity index (χ0n) is 13.6. The van der Waals surface area contributed by atoms with Gasteiger partial charge in [0.15, 0.2) is 0 Å². The largest absolute Gasteiger partial charge is 0.281 e. The maximum atomic E-state index is 12.3. The van der Waals surface area contributed by atoms with E-state index < -0.39 is 0 Å². The molecular weight excluding hydrogens is 338 g/mol. The van der Waals surface area contributed by atoms with E-state index in [0.29, 0.717) is 17.1 Å². The number of hydrogen-bond donors (Lipinski definition) is 2. The van der Waals surface area contributed by atoms with Crippen LogP contribution in [0, 0.1) is 6.92 Å². The third kappa shape index (κ3) is 4.30. The van der Waals surface area contributed by atoms with Crippen molar-refractivity contribution in [2.24, 2.45) is 0 Å². The SMILES string of the molecule is Cc1nc(-c2ccccc2)sc1C(=O)NNC(=O)CCn1cccn1. The van der Waals surface area contributed by atoms with Gasteiger partial charge in [-0.2, -0.15) is 5.10 Å². The molecule has 0 fully saturated rings. The Labute approximate surface area is 148 Å². The monoisotopic (exact) mass is 355 g/mol. The van der Waals surface area contributed by atoms with Gasteiger partial charge in [-0.3, -0.25) is 25.1 Å². The quantitative estimate of drug-likeness (QED) is 0.687. The Bertz CT molecular complexity index is 859. The normalized spacial score (nSPS) is 10.4. The average molecular weight is 355 g/mol. The molecule has 0 bridgehead atoms. The van der Waals surface area contributed by atoms with Gasteiger partial charge in [-0.05, 0) is 13.0 Å². The highest BCUT2D eigenvalue weighted by molar-refractivity contribution is 7.17.